The van der Waals surface area contributed by atoms with E-state index < -0.39 is 9.84 Å². The van der Waals surface area contributed by atoms with Crippen LogP contribution in [-0.2, 0) is 16.4 Å². The maximum atomic E-state index is 13.4. The van der Waals surface area contributed by atoms with Crippen LogP contribution >= 0.6 is 11.6 Å². The van der Waals surface area contributed by atoms with E-state index in [0.29, 0.717) is 17.0 Å². The van der Waals surface area contributed by atoms with Crippen molar-refractivity contribution in [2.24, 2.45) is 0 Å². The van der Waals surface area contributed by atoms with Crippen molar-refractivity contribution in [2.75, 3.05) is 11.5 Å². The van der Waals surface area contributed by atoms with Gasteiger partial charge in [-0.15, -0.1) is 0 Å². The quantitative estimate of drug-likeness (QED) is 0.916. The smallest absolute Gasteiger partial charge is 0.151 e. The van der Waals surface area contributed by atoms with Crippen LogP contribution in [0.15, 0.2) is 18.2 Å². The van der Waals surface area contributed by atoms with E-state index in [9.17, 15) is 12.8 Å². The first kappa shape index (κ1) is 12.8. The summed E-state index contributed by atoms with van der Waals surface area (Å²) in [7, 11) is -2.91. The van der Waals surface area contributed by atoms with Crippen LogP contribution in [0.25, 0.3) is 0 Å². The first-order valence-electron chi connectivity index (χ1n) is 5.34. The minimum Gasteiger partial charge on any atom is -0.309 e. The van der Waals surface area contributed by atoms with E-state index in [-0.39, 0.29) is 29.9 Å². The summed E-state index contributed by atoms with van der Waals surface area (Å²) in [5.74, 6) is -0.0415. The summed E-state index contributed by atoms with van der Waals surface area (Å²) >= 11 is 5.87. The molecule has 0 spiro atoms. The Morgan fingerprint density at radius 1 is 1.47 bits per heavy atom. The summed E-state index contributed by atoms with van der Waals surface area (Å²) in [5.41, 5.74) is 0.387. The fourth-order valence-electron chi connectivity index (χ4n) is 1.90. The molecule has 0 unspecified atom stereocenters. The molecule has 1 heterocycles. The van der Waals surface area contributed by atoms with Gasteiger partial charge in [0.15, 0.2) is 9.84 Å². The van der Waals surface area contributed by atoms with Gasteiger partial charge in [-0.25, -0.2) is 12.8 Å². The third-order valence-electron chi connectivity index (χ3n) is 2.86. The van der Waals surface area contributed by atoms with Crippen molar-refractivity contribution in [1.29, 1.82) is 0 Å². The Hall–Kier alpha value is -0.650. The van der Waals surface area contributed by atoms with Crippen LogP contribution in [0.1, 0.15) is 12.0 Å². The zero-order valence-corrected chi connectivity index (χ0v) is 10.7. The van der Waals surface area contributed by atoms with Gasteiger partial charge < -0.3 is 5.32 Å². The molecule has 1 N–H and O–H groups in total. The Labute approximate surface area is 105 Å². The SMILES string of the molecule is O=S1(=O)CC[C@@H](NCc2c(F)cccc2Cl)C1. The maximum absolute atomic E-state index is 13.4. The lowest BCUT2D eigenvalue weighted by molar-refractivity contribution is 0.532. The van der Waals surface area contributed by atoms with Crippen molar-refractivity contribution in [3.8, 4) is 0 Å². The Bertz CT molecular complexity index is 498. The van der Waals surface area contributed by atoms with E-state index in [0.717, 1.165) is 0 Å². The predicted molar refractivity (Wildman–Crippen MR) is 65.3 cm³/mol. The molecule has 94 valence electrons. The lowest BCUT2D eigenvalue weighted by Gasteiger charge is -2.12. The number of rotatable bonds is 3. The molecule has 0 aromatic heterocycles. The molecule has 0 aliphatic carbocycles. The van der Waals surface area contributed by atoms with Gasteiger partial charge in [0.05, 0.1) is 11.5 Å². The van der Waals surface area contributed by atoms with Crippen LogP contribution in [0.3, 0.4) is 0 Å². The zero-order valence-electron chi connectivity index (χ0n) is 9.12. The molecular formula is C11H13ClFNO2S. The van der Waals surface area contributed by atoms with Crippen molar-refractivity contribution in [1.82, 2.24) is 5.32 Å². The predicted octanol–water partition coefficient (Wildman–Crippen LogP) is 1.76. The average Bonchev–Trinajstić information content (AvgIpc) is 2.57. The molecule has 1 saturated heterocycles. The lowest BCUT2D eigenvalue weighted by Crippen LogP contribution is -2.29. The lowest BCUT2D eigenvalue weighted by atomic mass is 10.2. The van der Waals surface area contributed by atoms with Crippen LogP contribution in [-0.4, -0.2) is 26.0 Å². The minimum absolute atomic E-state index is 0.101. The standard InChI is InChI=1S/C11H13ClFNO2S/c12-10-2-1-3-11(13)9(10)6-14-8-4-5-17(15,16)7-8/h1-3,8,14H,4-7H2/t8-/m1/s1. The Morgan fingerprint density at radius 2 is 2.24 bits per heavy atom. The Kier molecular flexibility index (Phi) is 3.70. The fourth-order valence-corrected chi connectivity index (χ4v) is 3.84. The van der Waals surface area contributed by atoms with E-state index in [4.69, 9.17) is 11.6 Å². The zero-order chi connectivity index (χ0) is 12.5. The van der Waals surface area contributed by atoms with E-state index in [1.807, 2.05) is 0 Å². The summed E-state index contributed by atoms with van der Waals surface area (Å²) in [6.07, 6.45) is 0.578. The second-order valence-corrected chi connectivity index (χ2v) is 6.82. The van der Waals surface area contributed by atoms with Crippen molar-refractivity contribution in [2.45, 2.75) is 19.0 Å². The molecule has 6 heteroatoms. The van der Waals surface area contributed by atoms with Gasteiger partial charge in [0.25, 0.3) is 0 Å². The second-order valence-electron chi connectivity index (χ2n) is 4.18. The molecule has 1 aromatic carbocycles. The van der Waals surface area contributed by atoms with E-state index in [1.54, 1.807) is 12.1 Å². The molecule has 3 nitrogen and oxygen atoms in total. The van der Waals surface area contributed by atoms with Crippen LogP contribution < -0.4 is 5.32 Å². The summed E-state index contributed by atoms with van der Waals surface area (Å²) in [6, 6.07) is 4.40. The Morgan fingerprint density at radius 3 is 2.82 bits per heavy atom. The molecule has 0 radical (unpaired) electrons. The van der Waals surface area contributed by atoms with Gasteiger partial charge >= 0.3 is 0 Å². The topological polar surface area (TPSA) is 46.2 Å². The van der Waals surface area contributed by atoms with Gasteiger partial charge in [-0.2, -0.15) is 0 Å². The number of halogens is 2. The summed E-state index contributed by atoms with van der Waals surface area (Å²) in [5, 5.41) is 3.39. The van der Waals surface area contributed by atoms with Gasteiger partial charge in [0.1, 0.15) is 5.82 Å². The molecule has 2 rings (SSSR count). The van der Waals surface area contributed by atoms with Gasteiger partial charge in [-0.3, -0.25) is 0 Å². The average molecular weight is 278 g/mol. The second kappa shape index (κ2) is 4.92. The van der Waals surface area contributed by atoms with E-state index in [2.05, 4.69) is 5.32 Å². The Balaban J connectivity index is 1.99. The highest BCUT2D eigenvalue weighted by molar-refractivity contribution is 7.91. The maximum Gasteiger partial charge on any atom is 0.151 e. The molecule has 1 aromatic rings. The molecule has 0 saturated carbocycles. The van der Waals surface area contributed by atoms with Crippen LogP contribution in [0.4, 0.5) is 4.39 Å². The minimum atomic E-state index is -2.91. The molecule has 0 bridgehead atoms. The highest BCUT2D eigenvalue weighted by Gasteiger charge is 2.27. The monoisotopic (exact) mass is 277 g/mol. The number of hydrogen-bond acceptors (Lipinski definition) is 3. The molecule has 0 amide bonds. The highest BCUT2D eigenvalue weighted by atomic mass is 35.5. The molecule has 1 atom stereocenters. The third kappa shape index (κ3) is 3.18. The van der Waals surface area contributed by atoms with Crippen LogP contribution in [0.2, 0.25) is 5.02 Å². The summed E-state index contributed by atoms with van der Waals surface area (Å²) in [6.45, 7) is 0.256. The van der Waals surface area contributed by atoms with Gasteiger partial charge in [0, 0.05) is 23.2 Å². The fraction of sp³-hybridized carbons (Fsp3) is 0.455. The normalized spacial score (nSPS) is 22.8. The third-order valence-corrected chi connectivity index (χ3v) is 4.98. The first-order valence-corrected chi connectivity index (χ1v) is 7.54. The number of benzene rings is 1. The van der Waals surface area contributed by atoms with E-state index in [1.165, 1.54) is 6.07 Å². The summed E-state index contributed by atoms with van der Waals surface area (Å²) in [4.78, 5) is 0. The molecular weight excluding hydrogens is 265 g/mol. The van der Waals surface area contributed by atoms with Crippen LogP contribution in [0.5, 0.6) is 0 Å². The number of nitrogens with one attached hydrogen (secondary N) is 1. The number of hydrogen-bond donors (Lipinski definition) is 1. The van der Waals surface area contributed by atoms with Gasteiger partial charge in [0.2, 0.25) is 0 Å². The molecule has 17 heavy (non-hydrogen) atoms. The highest BCUT2D eigenvalue weighted by Crippen LogP contribution is 2.19. The molecule has 1 aliphatic rings. The molecule has 1 aliphatic heterocycles. The van der Waals surface area contributed by atoms with Gasteiger partial charge in [-0.1, -0.05) is 17.7 Å². The van der Waals surface area contributed by atoms with Gasteiger partial charge in [-0.05, 0) is 18.6 Å². The van der Waals surface area contributed by atoms with Crippen molar-refractivity contribution in [3.05, 3.63) is 34.6 Å². The van der Waals surface area contributed by atoms with E-state index >= 15 is 0 Å². The number of sulfone groups is 1. The molecule has 1 fully saturated rings. The summed E-state index contributed by atoms with van der Waals surface area (Å²) < 4.78 is 35.9. The van der Waals surface area contributed by atoms with Crippen molar-refractivity contribution >= 4 is 21.4 Å². The van der Waals surface area contributed by atoms with Crippen LogP contribution in [0, 0.1) is 5.82 Å². The first-order chi connectivity index (χ1) is 7.98. The van der Waals surface area contributed by atoms with Crippen molar-refractivity contribution in [3.63, 3.8) is 0 Å². The van der Waals surface area contributed by atoms with Crippen molar-refractivity contribution < 1.29 is 12.8 Å². The largest absolute Gasteiger partial charge is 0.309 e.